The van der Waals surface area contributed by atoms with Crippen molar-refractivity contribution in [3.63, 3.8) is 0 Å². The largest absolute Gasteiger partial charge is 0.493 e. The summed E-state index contributed by atoms with van der Waals surface area (Å²) in [6.07, 6.45) is 2.30. The minimum Gasteiger partial charge on any atom is -0.493 e. The van der Waals surface area contributed by atoms with E-state index < -0.39 is 5.41 Å². The van der Waals surface area contributed by atoms with Crippen LogP contribution in [0.15, 0.2) is 36.4 Å². The zero-order chi connectivity index (χ0) is 18.7. The lowest BCUT2D eigenvalue weighted by atomic mass is 9.63. The lowest BCUT2D eigenvalue weighted by molar-refractivity contribution is -0.124. The molecule has 1 N–H and O–H groups in total. The zero-order valence-corrected chi connectivity index (χ0v) is 15.1. The predicted octanol–water partition coefficient (Wildman–Crippen LogP) is 3.91. The fraction of sp³-hybridized carbons (Fsp3) is 0.350. The molecule has 3 rings (SSSR count). The monoisotopic (exact) mass is 359 g/mol. The zero-order valence-electron chi connectivity index (χ0n) is 15.1. The van der Waals surface area contributed by atoms with Gasteiger partial charge in [0.15, 0.2) is 11.5 Å². The Hall–Kier alpha value is -2.76. The van der Waals surface area contributed by atoms with Gasteiger partial charge in [0, 0.05) is 17.8 Å². The van der Waals surface area contributed by atoms with Crippen LogP contribution >= 0.6 is 0 Å². The third kappa shape index (κ3) is 3.07. The summed E-state index contributed by atoms with van der Waals surface area (Å²) in [5.41, 5.74) is 0.531. The maximum absolute atomic E-state index is 13.7. The number of amides is 1. The number of halogens is 1. The van der Waals surface area contributed by atoms with Crippen LogP contribution in [-0.2, 0) is 10.2 Å². The molecule has 26 heavy (non-hydrogen) atoms. The van der Waals surface area contributed by atoms with E-state index in [0.717, 1.165) is 6.42 Å². The summed E-state index contributed by atoms with van der Waals surface area (Å²) < 4.78 is 29.6. The number of anilines is 1. The third-order valence-corrected chi connectivity index (χ3v) is 4.94. The number of ether oxygens (including phenoxy) is 3. The summed E-state index contributed by atoms with van der Waals surface area (Å²) in [5.74, 6) is 0.862. The third-order valence-electron chi connectivity index (χ3n) is 4.94. The van der Waals surface area contributed by atoms with E-state index in [1.54, 1.807) is 24.3 Å². The van der Waals surface area contributed by atoms with Crippen LogP contribution in [0.25, 0.3) is 0 Å². The number of carbonyl (C=O) groups excluding carboxylic acids is 1. The Balaban J connectivity index is 1.92. The molecule has 0 aliphatic heterocycles. The van der Waals surface area contributed by atoms with E-state index in [0.29, 0.717) is 41.3 Å². The van der Waals surface area contributed by atoms with E-state index in [9.17, 15) is 9.18 Å². The summed E-state index contributed by atoms with van der Waals surface area (Å²) >= 11 is 0. The molecule has 0 radical (unpaired) electrons. The molecule has 0 spiro atoms. The minimum atomic E-state index is -0.706. The first-order chi connectivity index (χ1) is 12.5. The van der Waals surface area contributed by atoms with Crippen molar-refractivity contribution in [3.05, 3.63) is 47.8 Å². The van der Waals surface area contributed by atoms with E-state index in [1.807, 2.05) is 0 Å². The normalized spacial score (nSPS) is 14.9. The highest BCUT2D eigenvalue weighted by atomic mass is 19.1. The van der Waals surface area contributed by atoms with Crippen molar-refractivity contribution >= 4 is 11.6 Å². The number of carbonyl (C=O) groups is 1. The predicted molar refractivity (Wildman–Crippen MR) is 96.7 cm³/mol. The van der Waals surface area contributed by atoms with Gasteiger partial charge in [-0.1, -0.05) is 18.6 Å². The fourth-order valence-electron chi connectivity index (χ4n) is 3.37. The van der Waals surface area contributed by atoms with Crippen LogP contribution in [0.1, 0.15) is 24.8 Å². The average Bonchev–Trinajstić information content (AvgIpc) is 2.60. The first-order valence-corrected chi connectivity index (χ1v) is 8.41. The summed E-state index contributed by atoms with van der Waals surface area (Å²) in [6.45, 7) is 0. The molecule has 1 saturated carbocycles. The molecule has 6 heteroatoms. The lowest BCUT2D eigenvalue weighted by Crippen LogP contribution is -2.46. The second kappa shape index (κ2) is 7.23. The van der Waals surface area contributed by atoms with E-state index in [2.05, 4.69) is 5.32 Å². The Morgan fingerprint density at radius 1 is 1.04 bits per heavy atom. The summed E-state index contributed by atoms with van der Waals surface area (Å²) in [4.78, 5) is 13.0. The van der Waals surface area contributed by atoms with Gasteiger partial charge in [-0.2, -0.15) is 0 Å². The smallest absolute Gasteiger partial charge is 0.235 e. The Labute approximate surface area is 152 Å². The molecule has 0 bridgehead atoms. The first-order valence-electron chi connectivity index (χ1n) is 8.41. The van der Waals surface area contributed by atoms with Gasteiger partial charge in [0.2, 0.25) is 11.7 Å². The number of methoxy groups -OCH3 is 3. The van der Waals surface area contributed by atoms with Gasteiger partial charge in [-0.05, 0) is 30.5 Å². The van der Waals surface area contributed by atoms with Gasteiger partial charge >= 0.3 is 0 Å². The summed E-state index contributed by atoms with van der Waals surface area (Å²) in [6, 6.07) is 9.61. The molecule has 1 fully saturated rings. The van der Waals surface area contributed by atoms with Gasteiger partial charge < -0.3 is 19.5 Å². The molecule has 138 valence electrons. The molecule has 1 aliphatic rings. The van der Waals surface area contributed by atoms with Crippen LogP contribution in [-0.4, -0.2) is 27.2 Å². The Bertz CT molecular complexity index is 792. The molecule has 1 aliphatic carbocycles. The van der Waals surface area contributed by atoms with Crippen molar-refractivity contribution in [1.29, 1.82) is 0 Å². The highest BCUT2D eigenvalue weighted by Gasteiger charge is 2.45. The van der Waals surface area contributed by atoms with Gasteiger partial charge in [-0.25, -0.2) is 4.39 Å². The summed E-state index contributed by atoms with van der Waals surface area (Å²) in [5, 5.41) is 2.93. The van der Waals surface area contributed by atoms with E-state index >= 15 is 0 Å². The molecule has 0 heterocycles. The van der Waals surface area contributed by atoms with E-state index in [-0.39, 0.29) is 11.7 Å². The minimum absolute atomic E-state index is 0.163. The van der Waals surface area contributed by atoms with Crippen LogP contribution in [0.2, 0.25) is 0 Å². The van der Waals surface area contributed by atoms with Crippen molar-refractivity contribution in [1.82, 2.24) is 0 Å². The fourth-order valence-corrected chi connectivity index (χ4v) is 3.37. The molecule has 2 aromatic rings. The van der Waals surface area contributed by atoms with E-state index in [1.165, 1.54) is 33.5 Å². The Morgan fingerprint density at radius 2 is 1.69 bits per heavy atom. The van der Waals surface area contributed by atoms with Crippen molar-refractivity contribution in [3.8, 4) is 17.2 Å². The quantitative estimate of drug-likeness (QED) is 0.850. The molecule has 0 atom stereocenters. The second-order valence-electron chi connectivity index (χ2n) is 6.31. The Morgan fingerprint density at radius 3 is 2.15 bits per heavy atom. The average molecular weight is 359 g/mol. The molecule has 0 saturated heterocycles. The van der Waals surface area contributed by atoms with Gasteiger partial charge in [0.05, 0.1) is 26.7 Å². The van der Waals surface area contributed by atoms with Crippen molar-refractivity contribution in [2.24, 2.45) is 0 Å². The number of hydrogen-bond acceptors (Lipinski definition) is 4. The second-order valence-corrected chi connectivity index (χ2v) is 6.31. The maximum Gasteiger partial charge on any atom is 0.235 e. The molecule has 0 aromatic heterocycles. The molecule has 5 nitrogen and oxygen atoms in total. The van der Waals surface area contributed by atoms with Crippen molar-refractivity contribution < 1.29 is 23.4 Å². The highest BCUT2D eigenvalue weighted by Crippen LogP contribution is 2.46. The topological polar surface area (TPSA) is 56.8 Å². The van der Waals surface area contributed by atoms with Crippen molar-refractivity contribution in [2.75, 3.05) is 26.6 Å². The van der Waals surface area contributed by atoms with Crippen LogP contribution in [0.3, 0.4) is 0 Å². The molecular weight excluding hydrogens is 337 g/mol. The number of rotatable bonds is 6. The highest BCUT2D eigenvalue weighted by molar-refractivity contribution is 6.00. The van der Waals surface area contributed by atoms with Gasteiger partial charge in [-0.15, -0.1) is 0 Å². The van der Waals surface area contributed by atoms with Gasteiger partial charge in [0.25, 0.3) is 0 Å². The van der Waals surface area contributed by atoms with E-state index in [4.69, 9.17) is 14.2 Å². The van der Waals surface area contributed by atoms with Gasteiger partial charge in [0.1, 0.15) is 5.82 Å². The maximum atomic E-state index is 13.7. The Kier molecular flexibility index (Phi) is 5.02. The molecule has 0 unspecified atom stereocenters. The van der Waals surface area contributed by atoms with Crippen molar-refractivity contribution in [2.45, 2.75) is 24.7 Å². The standard InChI is InChI=1S/C20H22FNO4/c1-24-16-11-15(12-17(25-2)18(16)26-3)22-19(23)20(8-5-9-20)13-6-4-7-14(21)10-13/h4,6-7,10-12H,5,8-9H2,1-3H3,(H,22,23). The van der Waals surface area contributed by atoms with Crippen LogP contribution in [0.4, 0.5) is 10.1 Å². The van der Waals surface area contributed by atoms with Gasteiger partial charge in [-0.3, -0.25) is 4.79 Å². The number of hydrogen-bond donors (Lipinski definition) is 1. The van der Waals surface area contributed by atoms with Crippen LogP contribution < -0.4 is 19.5 Å². The molecule has 2 aromatic carbocycles. The number of nitrogens with one attached hydrogen (secondary N) is 1. The summed E-state index contributed by atoms with van der Waals surface area (Å²) in [7, 11) is 4.55. The first kappa shape index (κ1) is 18.0. The SMILES string of the molecule is COc1cc(NC(=O)C2(c3cccc(F)c3)CCC2)cc(OC)c1OC. The molecule has 1 amide bonds. The van der Waals surface area contributed by atoms with Crippen LogP contribution in [0.5, 0.6) is 17.2 Å². The number of benzene rings is 2. The molecular formula is C20H22FNO4. The van der Waals surface area contributed by atoms with Crippen LogP contribution in [0, 0.1) is 5.82 Å². The lowest BCUT2D eigenvalue weighted by Gasteiger charge is -2.40.